The van der Waals surface area contributed by atoms with Gasteiger partial charge in [-0.2, -0.15) is 0 Å². The summed E-state index contributed by atoms with van der Waals surface area (Å²) in [5, 5.41) is 0. The van der Waals surface area contributed by atoms with Gasteiger partial charge in [-0.1, -0.05) is 6.08 Å². The van der Waals surface area contributed by atoms with Crippen LogP contribution in [0.4, 0.5) is 0 Å². The number of carbonyl (C=O) groups excluding carboxylic acids is 2. The van der Waals surface area contributed by atoms with Crippen LogP contribution in [0.5, 0.6) is 0 Å². The normalized spacial score (nSPS) is 9.17. The zero-order valence-corrected chi connectivity index (χ0v) is 7.67. The summed E-state index contributed by atoms with van der Waals surface area (Å²) < 4.78 is 0. The highest BCUT2D eigenvalue weighted by molar-refractivity contribution is 5.83. The van der Waals surface area contributed by atoms with E-state index in [0.717, 1.165) is 0 Å². The van der Waals surface area contributed by atoms with Crippen molar-refractivity contribution in [3.05, 3.63) is 12.7 Å². The molecule has 0 spiro atoms. The van der Waals surface area contributed by atoms with Crippen LogP contribution in [-0.4, -0.2) is 30.2 Å². The van der Waals surface area contributed by atoms with Crippen LogP contribution in [-0.2, 0) is 9.59 Å². The molecule has 0 saturated heterocycles. The number of ketones is 1. The molecule has 3 nitrogen and oxygen atoms in total. The Morgan fingerprint density at radius 2 is 2.00 bits per heavy atom. The van der Waals surface area contributed by atoms with Gasteiger partial charge in [0.05, 0.1) is 0 Å². The highest BCUT2D eigenvalue weighted by Gasteiger charge is 2.07. The van der Waals surface area contributed by atoms with Gasteiger partial charge >= 0.3 is 0 Å². The Balaban J connectivity index is 3.71. The number of nitrogens with zero attached hydrogens (tertiary/aromatic N) is 1. The van der Waals surface area contributed by atoms with E-state index in [1.165, 1.54) is 6.92 Å². The van der Waals surface area contributed by atoms with Gasteiger partial charge in [0.15, 0.2) is 0 Å². The average molecular weight is 169 g/mol. The van der Waals surface area contributed by atoms with Crippen molar-refractivity contribution in [2.24, 2.45) is 0 Å². The van der Waals surface area contributed by atoms with Crippen molar-refractivity contribution in [1.82, 2.24) is 4.90 Å². The van der Waals surface area contributed by atoms with Gasteiger partial charge < -0.3 is 9.69 Å². The molecule has 0 aromatic carbocycles. The summed E-state index contributed by atoms with van der Waals surface area (Å²) in [4.78, 5) is 23.3. The molecule has 3 heteroatoms. The molecule has 0 aliphatic rings. The van der Waals surface area contributed by atoms with Crippen molar-refractivity contribution in [3.8, 4) is 0 Å². The fourth-order valence-electron chi connectivity index (χ4n) is 0.769. The molecule has 0 radical (unpaired) electrons. The standard InChI is InChI=1S/C9H15NO2/c1-4-7-10(3)9(12)6-5-8(2)11/h4H,1,5-7H2,2-3H3. The Bertz CT molecular complexity index is 187. The Morgan fingerprint density at radius 1 is 1.42 bits per heavy atom. The molecule has 0 heterocycles. The molecule has 68 valence electrons. The van der Waals surface area contributed by atoms with Crippen molar-refractivity contribution in [2.45, 2.75) is 19.8 Å². The van der Waals surface area contributed by atoms with Gasteiger partial charge in [0.1, 0.15) is 5.78 Å². The lowest BCUT2D eigenvalue weighted by Crippen LogP contribution is -2.26. The van der Waals surface area contributed by atoms with Crippen molar-refractivity contribution < 1.29 is 9.59 Å². The summed E-state index contributed by atoms with van der Waals surface area (Å²) in [6.07, 6.45) is 2.30. The van der Waals surface area contributed by atoms with Gasteiger partial charge in [0.25, 0.3) is 0 Å². The molecule has 0 aliphatic carbocycles. The third-order valence-corrected chi connectivity index (χ3v) is 1.52. The molecule has 12 heavy (non-hydrogen) atoms. The van der Waals surface area contributed by atoms with Gasteiger partial charge in [0, 0.05) is 26.4 Å². The maximum atomic E-state index is 11.2. The van der Waals surface area contributed by atoms with Crippen LogP contribution < -0.4 is 0 Å². The van der Waals surface area contributed by atoms with Crippen molar-refractivity contribution >= 4 is 11.7 Å². The monoisotopic (exact) mass is 169 g/mol. The van der Waals surface area contributed by atoms with E-state index in [1.54, 1.807) is 18.0 Å². The molecule has 0 saturated carbocycles. The topological polar surface area (TPSA) is 37.4 Å². The van der Waals surface area contributed by atoms with E-state index >= 15 is 0 Å². The molecule has 0 aromatic heterocycles. The second-order valence-corrected chi connectivity index (χ2v) is 2.76. The quantitative estimate of drug-likeness (QED) is 0.576. The number of carbonyl (C=O) groups is 2. The van der Waals surface area contributed by atoms with Crippen LogP contribution in [0.3, 0.4) is 0 Å². The lowest BCUT2D eigenvalue weighted by atomic mass is 10.2. The van der Waals surface area contributed by atoms with Gasteiger partial charge in [-0.05, 0) is 6.92 Å². The summed E-state index contributed by atoms with van der Waals surface area (Å²) in [6.45, 7) is 5.54. The molecular weight excluding hydrogens is 154 g/mol. The zero-order chi connectivity index (χ0) is 9.56. The minimum Gasteiger partial charge on any atom is -0.342 e. The van der Waals surface area contributed by atoms with E-state index in [-0.39, 0.29) is 11.7 Å². The first kappa shape index (κ1) is 10.9. The Morgan fingerprint density at radius 3 is 2.42 bits per heavy atom. The van der Waals surface area contributed by atoms with E-state index in [9.17, 15) is 9.59 Å². The second-order valence-electron chi connectivity index (χ2n) is 2.76. The fraction of sp³-hybridized carbons (Fsp3) is 0.556. The van der Waals surface area contributed by atoms with Crippen molar-refractivity contribution in [2.75, 3.05) is 13.6 Å². The minimum absolute atomic E-state index is 0.00917. The first-order valence-electron chi connectivity index (χ1n) is 3.92. The predicted molar refractivity (Wildman–Crippen MR) is 47.7 cm³/mol. The molecule has 0 aliphatic heterocycles. The maximum absolute atomic E-state index is 11.2. The largest absolute Gasteiger partial charge is 0.342 e. The smallest absolute Gasteiger partial charge is 0.223 e. The summed E-state index contributed by atoms with van der Waals surface area (Å²) in [5.41, 5.74) is 0. The van der Waals surface area contributed by atoms with Crippen molar-refractivity contribution in [1.29, 1.82) is 0 Å². The molecule has 0 unspecified atom stereocenters. The predicted octanol–water partition coefficient (Wildman–Crippen LogP) is 1.00. The van der Waals surface area contributed by atoms with Crippen LogP contribution >= 0.6 is 0 Å². The maximum Gasteiger partial charge on any atom is 0.223 e. The van der Waals surface area contributed by atoms with Crippen LogP contribution in [0.25, 0.3) is 0 Å². The number of hydrogen-bond donors (Lipinski definition) is 0. The highest BCUT2D eigenvalue weighted by Crippen LogP contribution is 1.96. The van der Waals surface area contributed by atoms with Gasteiger partial charge in [-0.25, -0.2) is 0 Å². The van der Waals surface area contributed by atoms with E-state index < -0.39 is 0 Å². The van der Waals surface area contributed by atoms with Gasteiger partial charge in [0.2, 0.25) is 5.91 Å². The number of rotatable bonds is 5. The van der Waals surface area contributed by atoms with E-state index in [0.29, 0.717) is 19.4 Å². The van der Waals surface area contributed by atoms with Crippen LogP contribution in [0, 0.1) is 0 Å². The van der Waals surface area contributed by atoms with Gasteiger partial charge in [-0.15, -0.1) is 6.58 Å². The summed E-state index contributed by atoms with van der Waals surface area (Å²) in [5.74, 6) is 0.0421. The van der Waals surface area contributed by atoms with E-state index in [1.807, 2.05) is 0 Å². The minimum atomic E-state index is -0.00917. The Labute approximate surface area is 73.1 Å². The summed E-state index contributed by atoms with van der Waals surface area (Å²) in [7, 11) is 1.70. The molecular formula is C9H15NO2. The van der Waals surface area contributed by atoms with Gasteiger partial charge in [-0.3, -0.25) is 4.79 Å². The molecule has 0 aromatic rings. The van der Waals surface area contributed by atoms with Crippen LogP contribution in [0.2, 0.25) is 0 Å². The molecule has 0 rings (SSSR count). The van der Waals surface area contributed by atoms with E-state index in [2.05, 4.69) is 6.58 Å². The second kappa shape index (κ2) is 5.52. The summed E-state index contributed by atoms with van der Waals surface area (Å²) in [6, 6.07) is 0. The average Bonchev–Trinajstić information content (AvgIpc) is 2.00. The molecule has 0 atom stereocenters. The first-order valence-corrected chi connectivity index (χ1v) is 3.92. The van der Waals surface area contributed by atoms with Crippen LogP contribution in [0.15, 0.2) is 12.7 Å². The molecule has 0 N–H and O–H groups in total. The lowest BCUT2D eigenvalue weighted by molar-refractivity contribution is -0.131. The highest BCUT2D eigenvalue weighted by atomic mass is 16.2. The Kier molecular flexibility index (Phi) is 5.00. The SMILES string of the molecule is C=CCN(C)C(=O)CCC(C)=O. The number of Topliss-reactive ketones (excluding diaryl/α,β-unsaturated/α-hetero) is 1. The molecule has 1 amide bonds. The third kappa shape index (κ3) is 4.66. The van der Waals surface area contributed by atoms with E-state index in [4.69, 9.17) is 0 Å². The molecule has 0 bridgehead atoms. The van der Waals surface area contributed by atoms with Crippen LogP contribution in [0.1, 0.15) is 19.8 Å². The zero-order valence-electron chi connectivity index (χ0n) is 7.67. The Hall–Kier alpha value is -1.12. The molecule has 0 fully saturated rings. The number of hydrogen-bond acceptors (Lipinski definition) is 2. The van der Waals surface area contributed by atoms with Crippen molar-refractivity contribution in [3.63, 3.8) is 0 Å². The first-order chi connectivity index (χ1) is 5.57. The summed E-state index contributed by atoms with van der Waals surface area (Å²) >= 11 is 0. The lowest BCUT2D eigenvalue weighted by Gasteiger charge is -2.13. The number of likely N-dealkylation sites (N-methyl/N-ethyl adjacent to an activating group) is 1. The number of amides is 1. The third-order valence-electron chi connectivity index (χ3n) is 1.52. The fourth-order valence-corrected chi connectivity index (χ4v) is 0.769.